The van der Waals surface area contributed by atoms with Crippen LogP contribution in [-0.2, 0) is 0 Å². The molecule has 0 spiro atoms. The molecule has 174 valence electrons. The smallest absolute Gasteiger partial charge is 0.170 e. The molecule has 0 heterocycles. The molecule has 0 aliphatic rings. The Balaban J connectivity index is 2.13. The van der Waals surface area contributed by atoms with Crippen LogP contribution in [0.3, 0.4) is 0 Å². The van der Waals surface area contributed by atoms with Gasteiger partial charge in [-0.1, -0.05) is 32.9 Å². The maximum absolute atomic E-state index is 13.2. The topological polar surface area (TPSA) is 71.1 Å². The predicted molar refractivity (Wildman–Crippen MR) is 125 cm³/mol. The summed E-state index contributed by atoms with van der Waals surface area (Å²) in [5, 5.41) is 0. The van der Waals surface area contributed by atoms with Crippen molar-refractivity contribution in [1.29, 1.82) is 0 Å². The van der Waals surface area contributed by atoms with Gasteiger partial charge in [0, 0.05) is 12.8 Å². The monoisotopic (exact) mass is 442 g/mol. The average Bonchev–Trinajstić information content (AvgIpc) is 2.76. The number of benzene rings is 2. The van der Waals surface area contributed by atoms with Gasteiger partial charge in [-0.2, -0.15) is 0 Å². The first-order valence-corrected chi connectivity index (χ1v) is 10.7. The molecule has 0 aliphatic heterocycles. The van der Waals surface area contributed by atoms with E-state index < -0.39 is 0 Å². The minimum absolute atomic E-state index is 0.0414. The van der Waals surface area contributed by atoms with E-state index in [9.17, 15) is 9.59 Å². The van der Waals surface area contributed by atoms with Gasteiger partial charge in [-0.15, -0.1) is 0 Å². The fraction of sp³-hybridized carbons (Fsp3) is 0.462. The zero-order chi connectivity index (χ0) is 23.9. The molecule has 0 N–H and O–H groups in total. The number of hydrogen-bond acceptors (Lipinski definition) is 6. The number of rotatable bonds is 12. The molecule has 1 unspecified atom stereocenters. The van der Waals surface area contributed by atoms with Crippen LogP contribution in [0.15, 0.2) is 36.4 Å². The maximum Gasteiger partial charge on any atom is 0.170 e. The summed E-state index contributed by atoms with van der Waals surface area (Å²) < 4.78 is 21.5. The Labute approximate surface area is 190 Å². The molecule has 32 heavy (non-hydrogen) atoms. The Morgan fingerprint density at radius 3 is 1.50 bits per heavy atom. The third-order valence-electron chi connectivity index (χ3n) is 5.49. The van der Waals surface area contributed by atoms with Gasteiger partial charge in [0.25, 0.3) is 0 Å². The summed E-state index contributed by atoms with van der Waals surface area (Å²) in [6, 6.07) is 10.6. The van der Waals surface area contributed by atoms with Crippen LogP contribution in [0.25, 0.3) is 0 Å². The molecule has 6 heteroatoms. The zero-order valence-corrected chi connectivity index (χ0v) is 20.1. The molecule has 0 radical (unpaired) electrons. The Kier molecular flexibility index (Phi) is 8.70. The van der Waals surface area contributed by atoms with Gasteiger partial charge in [0.2, 0.25) is 0 Å². The minimum atomic E-state index is -0.326. The SMILES string of the molecule is COc1cccc(OC)c1C(=O)CC(C)CC(C)(C)CC(=O)c1c(OC)cccc1OC. The molecule has 0 aromatic heterocycles. The van der Waals surface area contributed by atoms with Gasteiger partial charge in [-0.3, -0.25) is 9.59 Å². The van der Waals surface area contributed by atoms with Crippen LogP contribution in [0.4, 0.5) is 0 Å². The number of ether oxygens (including phenoxy) is 4. The molecule has 0 amide bonds. The number of ketones is 2. The fourth-order valence-corrected chi connectivity index (χ4v) is 4.28. The molecule has 0 saturated carbocycles. The summed E-state index contributed by atoms with van der Waals surface area (Å²) in [7, 11) is 6.15. The summed E-state index contributed by atoms with van der Waals surface area (Å²) in [6.07, 6.45) is 1.33. The van der Waals surface area contributed by atoms with Gasteiger partial charge < -0.3 is 18.9 Å². The van der Waals surface area contributed by atoms with Gasteiger partial charge in [-0.25, -0.2) is 0 Å². The van der Waals surface area contributed by atoms with E-state index in [0.717, 1.165) is 0 Å². The number of Topliss-reactive ketones (excluding diaryl/α,β-unsaturated/α-hetero) is 2. The van der Waals surface area contributed by atoms with Crippen LogP contribution in [0.1, 0.15) is 60.7 Å². The normalized spacial score (nSPS) is 12.1. The third kappa shape index (κ3) is 6.02. The number of methoxy groups -OCH3 is 4. The van der Waals surface area contributed by atoms with Crippen molar-refractivity contribution in [3.05, 3.63) is 47.5 Å². The van der Waals surface area contributed by atoms with Crippen LogP contribution in [0.5, 0.6) is 23.0 Å². The molecule has 2 aromatic rings. The van der Waals surface area contributed by atoms with Crippen molar-refractivity contribution in [3.8, 4) is 23.0 Å². The van der Waals surface area contributed by atoms with Crippen molar-refractivity contribution < 1.29 is 28.5 Å². The lowest BCUT2D eigenvalue weighted by Gasteiger charge is -2.28. The summed E-state index contributed by atoms with van der Waals surface area (Å²) in [5.74, 6) is 1.96. The first-order valence-electron chi connectivity index (χ1n) is 10.7. The predicted octanol–water partition coefficient (Wildman–Crippen LogP) is 5.62. The van der Waals surface area contributed by atoms with Crippen LogP contribution in [0.2, 0.25) is 0 Å². The van der Waals surface area contributed by atoms with Crippen LogP contribution >= 0.6 is 0 Å². The Morgan fingerprint density at radius 1 is 0.750 bits per heavy atom. The van der Waals surface area contributed by atoms with Gasteiger partial charge in [0.05, 0.1) is 28.4 Å². The summed E-state index contributed by atoms with van der Waals surface area (Å²) in [5.41, 5.74) is 0.582. The Hall–Kier alpha value is -3.02. The summed E-state index contributed by atoms with van der Waals surface area (Å²) in [4.78, 5) is 26.2. The maximum atomic E-state index is 13.2. The third-order valence-corrected chi connectivity index (χ3v) is 5.49. The second kappa shape index (κ2) is 11.0. The average molecular weight is 443 g/mol. The lowest BCUT2D eigenvalue weighted by Crippen LogP contribution is -2.22. The highest BCUT2D eigenvalue weighted by molar-refractivity contribution is 6.02. The van der Waals surface area contributed by atoms with Crippen molar-refractivity contribution in [2.45, 2.75) is 40.0 Å². The van der Waals surface area contributed by atoms with Gasteiger partial charge in [-0.05, 0) is 42.0 Å². The highest BCUT2D eigenvalue weighted by atomic mass is 16.5. The van der Waals surface area contributed by atoms with E-state index in [2.05, 4.69) is 0 Å². The molecule has 0 aliphatic carbocycles. The van der Waals surface area contributed by atoms with Crippen molar-refractivity contribution in [3.63, 3.8) is 0 Å². The molecule has 2 rings (SSSR count). The molecule has 0 saturated heterocycles. The summed E-state index contributed by atoms with van der Waals surface area (Å²) >= 11 is 0. The second-order valence-electron chi connectivity index (χ2n) is 8.78. The fourth-order valence-electron chi connectivity index (χ4n) is 4.28. The van der Waals surface area contributed by atoms with E-state index in [1.807, 2.05) is 20.8 Å². The van der Waals surface area contributed by atoms with Crippen LogP contribution in [0, 0.1) is 11.3 Å². The Bertz CT molecular complexity index is 903. The number of carbonyl (C=O) groups is 2. The molecule has 6 nitrogen and oxygen atoms in total. The standard InChI is InChI=1S/C26H34O6/c1-17(14-18(27)24-20(29-4)10-8-11-21(24)30-5)15-26(2,3)16-19(28)25-22(31-6)12-9-13-23(25)32-7/h8-13,17H,14-16H2,1-7H3. The summed E-state index contributed by atoms with van der Waals surface area (Å²) in [6.45, 7) is 6.10. The van der Waals surface area contributed by atoms with Gasteiger partial charge in [0.1, 0.15) is 34.1 Å². The van der Waals surface area contributed by atoms with Crippen molar-refractivity contribution in [2.24, 2.45) is 11.3 Å². The Morgan fingerprint density at radius 2 is 1.12 bits per heavy atom. The lowest BCUT2D eigenvalue weighted by atomic mass is 9.77. The van der Waals surface area contributed by atoms with Crippen molar-refractivity contribution >= 4 is 11.6 Å². The van der Waals surface area contributed by atoms with E-state index >= 15 is 0 Å². The van der Waals surface area contributed by atoms with Crippen molar-refractivity contribution in [1.82, 2.24) is 0 Å². The molecule has 1 atom stereocenters. The lowest BCUT2D eigenvalue weighted by molar-refractivity contribution is 0.0896. The minimum Gasteiger partial charge on any atom is -0.496 e. The van der Waals surface area contributed by atoms with Gasteiger partial charge >= 0.3 is 0 Å². The molecule has 2 aromatic carbocycles. The molecular formula is C26H34O6. The zero-order valence-electron chi connectivity index (χ0n) is 20.1. The second-order valence-corrected chi connectivity index (χ2v) is 8.78. The van der Waals surface area contributed by atoms with Gasteiger partial charge in [0.15, 0.2) is 11.6 Å². The number of hydrogen-bond donors (Lipinski definition) is 0. The van der Waals surface area contributed by atoms with Crippen LogP contribution in [-0.4, -0.2) is 40.0 Å². The number of carbonyl (C=O) groups excluding carboxylic acids is 2. The molecule has 0 bridgehead atoms. The largest absolute Gasteiger partial charge is 0.496 e. The first-order chi connectivity index (χ1) is 15.2. The van der Waals surface area contributed by atoms with E-state index in [-0.39, 0.29) is 22.9 Å². The van der Waals surface area contributed by atoms with Crippen molar-refractivity contribution in [2.75, 3.05) is 28.4 Å². The van der Waals surface area contributed by atoms with E-state index in [4.69, 9.17) is 18.9 Å². The van der Waals surface area contributed by atoms with E-state index in [0.29, 0.717) is 53.4 Å². The highest BCUT2D eigenvalue weighted by Crippen LogP contribution is 2.37. The van der Waals surface area contributed by atoms with E-state index in [1.165, 1.54) is 28.4 Å². The molecule has 0 fully saturated rings. The first kappa shape index (κ1) is 25.2. The van der Waals surface area contributed by atoms with Crippen LogP contribution < -0.4 is 18.9 Å². The molecular weight excluding hydrogens is 408 g/mol. The highest BCUT2D eigenvalue weighted by Gasteiger charge is 2.30. The van der Waals surface area contributed by atoms with E-state index in [1.54, 1.807) is 36.4 Å². The quantitative estimate of drug-likeness (QED) is 0.397.